The summed E-state index contributed by atoms with van der Waals surface area (Å²) in [7, 11) is 1.36. The van der Waals surface area contributed by atoms with E-state index >= 15 is 0 Å². The normalized spacial score (nSPS) is 26.1. The Labute approximate surface area is 174 Å². The molecular weight excluding hydrogens is 390 g/mol. The molecule has 0 radical (unpaired) electrons. The molecule has 29 heavy (non-hydrogen) atoms. The minimum absolute atomic E-state index is 0.257. The van der Waals surface area contributed by atoms with Crippen LogP contribution in [0.15, 0.2) is 41.7 Å². The van der Waals surface area contributed by atoms with Gasteiger partial charge in [0.15, 0.2) is 5.16 Å². The number of benzene rings is 1. The zero-order valence-corrected chi connectivity index (χ0v) is 17.3. The summed E-state index contributed by atoms with van der Waals surface area (Å²) in [6, 6.07) is 8.79. The molecule has 4 atom stereocenters. The fourth-order valence-electron chi connectivity index (χ4n) is 4.27. The maximum absolute atomic E-state index is 11.6. The number of methoxy groups -OCH3 is 1. The molecule has 4 rings (SSSR count). The highest BCUT2D eigenvalue weighted by molar-refractivity contribution is 7.98. The van der Waals surface area contributed by atoms with E-state index in [1.807, 2.05) is 12.3 Å². The van der Waals surface area contributed by atoms with Crippen molar-refractivity contribution in [2.24, 2.45) is 11.8 Å². The summed E-state index contributed by atoms with van der Waals surface area (Å²) in [4.78, 5) is 22.7. The van der Waals surface area contributed by atoms with Gasteiger partial charge < -0.3 is 19.5 Å². The van der Waals surface area contributed by atoms with Crippen LogP contribution < -0.4 is 9.64 Å². The number of carbonyl (C=O) groups is 1. The first kappa shape index (κ1) is 20.0. The van der Waals surface area contributed by atoms with Crippen molar-refractivity contribution in [2.75, 3.05) is 31.4 Å². The second-order valence-electron chi connectivity index (χ2n) is 7.54. The van der Waals surface area contributed by atoms with Gasteiger partial charge in [0.2, 0.25) is 0 Å². The third-order valence-corrected chi connectivity index (χ3v) is 6.33. The van der Waals surface area contributed by atoms with Crippen LogP contribution in [-0.4, -0.2) is 59.7 Å². The number of carbonyl (C=O) groups excluding carboxylic acids is 1. The summed E-state index contributed by atoms with van der Waals surface area (Å²) in [5.74, 6) is 2.10. The smallest absolute Gasteiger partial charge is 0.337 e. The van der Waals surface area contributed by atoms with Crippen molar-refractivity contribution in [3.8, 4) is 5.75 Å². The maximum atomic E-state index is 11.6. The minimum atomic E-state index is -0.511. The Morgan fingerprint density at radius 3 is 2.59 bits per heavy atom. The summed E-state index contributed by atoms with van der Waals surface area (Å²) in [5, 5.41) is 11.4. The average Bonchev–Trinajstić information content (AvgIpc) is 3.16. The molecule has 2 heterocycles. The molecule has 2 fully saturated rings. The highest BCUT2D eigenvalue weighted by Crippen LogP contribution is 2.39. The Hall–Kier alpha value is -2.32. The SMILES string of the molecule is COC(=O)c1ccc(O[C@H]2C[C@@H]3CN(c4ccnc(SC)n4)C[C@@H]3C[C@@H]2O)cc1. The number of aliphatic hydroxyl groups excluding tert-OH is 1. The number of thioether (sulfide) groups is 1. The van der Waals surface area contributed by atoms with Crippen LogP contribution in [0.3, 0.4) is 0 Å². The molecule has 8 heteroatoms. The number of esters is 1. The number of hydrogen-bond donors (Lipinski definition) is 1. The average molecular weight is 416 g/mol. The van der Waals surface area contributed by atoms with Crippen LogP contribution in [-0.2, 0) is 4.74 Å². The number of nitrogens with zero attached hydrogens (tertiary/aromatic N) is 3. The predicted octanol–water partition coefficient (Wildman–Crippen LogP) is 2.64. The first-order valence-corrected chi connectivity index (χ1v) is 10.9. The third kappa shape index (κ3) is 4.33. The van der Waals surface area contributed by atoms with E-state index in [1.54, 1.807) is 30.5 Å². The van der Waals surface area contributed by atoms with Crippen molar-refractivity contribution < 1.29 is 19.4 Å². The molecule has 1 aromatic heterocycles. The molecule has 1 N–H and O–H groups in total. The highest BCUT2D eigenvalue weighted by atomic mass is 32.2. The second kappa shape index (κ2) is 8.59. The summed E-state index contributed by atoms with van der Waals surface area (Å²) in [6.45, 7) is 1.80. The fourth-order valence-corrected chi connectivity index (χ4v) is 4.62. The maximum Gasteiger partial charge on any atom is 0.337 e. The topological polar surface area (TPSA) is 84.8 Å². The molecule has 0 unspecified atom stereocenters. The van der Waals surface area contributed by atoms with Crippen molar-refractivity contribution in [3.63, 3.8) is 0 Å². The van der Waals surface area contributed by atoms with Crippen molar-refractivity contribution in [1.82, 2.24) is 9.97 Å². The number of hydrogen-bond acceptors (Lipinski definition) is 8. The lowest BCUT2D eigenvalue weighted by atomic mass is 9.78. The van der Waals surface area contributed by atoms with Gasteiger partial charge in [0.05, 0.1) is 18.8 Å². The molecule has 1 aliphatic carbocycles. The Morgan fingerprint density at radius 1 is 1.17 bits per heavy atom. The van der Waals surface area contributed by atoms with E-state index in [1.165, 1.54) is 18.9 Å². The molecule has 7 nitrogen and oxygen atoms in total. The van der Waals surface area contributed by atoms with Crippen molar-refractivity contribution in [1.29, 1.82) is 0 Å². The molecule has 0 amide bonds. The van der Waals surface area contributed by atoms with Gasteiger partial charge in [-0.3, -0.25) is 0 Å². The van der Waals surface area contributed by atoms with Gasteiger partial charge in [0, 0.05) is 19.3 Å². The molecule has 2 aliphatic rings. The van der Waals surface area contributed by atoms with Crippen LogP contribution >= 0.6 is 11.8 Å². The van der Waals surface area contributed by atoms with Crippen LogP contribution in [0.5, 0.6) is 5.75 Å². The van der Waals surface area contributed by atoms with Crippen molar-refractivity contribution in [2.45, 2.75) is 30.2 Å². The van der Waals surface area contributed by atoms with Crippen molar-refractivity contribution in [3.05, 3.63) is 42.1 Å². The lowest BCUT2D eigenvalue weighted by Crippen LogP contribution is -2.42. The molecule has 1 saturated carbocycles. The number of rotatable bonds is 5. The Balaban J connectivity index is 1.40. The standard InChI is InChI=1S/C21H25N3O4S/c1-27-20(26)13-3-5-16(6-4-13)28-18-10-15-12-24(11-14(15)9-17(18)25)19-7-8-22-21(23-19)29-2/h3-8,14-15,17-18,25H,9-12H2,1-2H3/t14-,15+,17-,18-/m0/s1. The predicted molar refractivity (Wildman–Crippen MR) is 110 cm³/mol. The van der Waals surface area contributed by atoms with Gasteiger partial charge in [-0.05, 0) is 61.3 Å². The fraction of sp³-hybridized carbons (Fsp3) is 0.476. The molecular formula is C21H25N3O4S. The number of fused-ring (bicyclic) bond motifs is 1. The van der Waals surface area contributed by atoms with E-state index in [0.717, 1.165) is 30.5 Å². The molecule has 2 aromatic rings. The van der Waals surface area contributed by atoms with E-state index < -0.39 is 6.10 Å². The summed E-state index contributed by atoms with van der Waals surface area (Å²) >= 11 is 1.54. The van der Waals surface area contributed by atoms with Gasteiger partial charge in [-0.1, -0.05) is 11.8 Å². The van der Waals surface area contributed by atoms with Crippen LogP contribution in [0.1, 0.15) is 23.2 Å². The Bertz CT molecular complexity index is 863. The van der Waals surface area contributed by atoms with E-state index in [4.69, 9.17) is 9.47 Å². The number of aromatic nitrogens is 2. The van der Waals surface area contributed by atoms with Gasteiger partial charge in [0.25, 0.3) is 0 Å². The number of anilines is 1. The summed E-state index contributed by atoms with van der Waals surface area (Å²) in [6.07, 6.45) is 4.51. The van der Waals surface area contributed by atoms with Gasteiger partial charge in [-0.25, -0.2) is 14.8 Å². The largest absolute Gasteiger partial charge is 0.488 e. The van der Waals surface area contributed by atoms with Crippen LogP contribution in [0.2, 0.25) is 0 Å². The molecule has 154 valence electrons. The second-order valence-corrected chi connectivity index (χ2v) is 8.31. The van der Waals surface area contributed by atoms with E-state index in [0.29, 0.717) is 29.6 Å². The van der Waals surface area contributed by atoms with Crippen molar-refractivity contribution >= 4 is 23.5 Å². The van der Waals surface area contributed by atoms with Crippen LogP contribution in [0.4, 0.5) is 5.82 Å². The van der Waals surface area contributed by atoms with Gasteiger partial charge in [0.1, 0.15) is 17.7 Å². The first-order valence-electron chi connectivity index (χ1n) is 9.72. The van der Waals surface area contributed by atoms with Crippen LogP contribution in [0.25, 0.3) is 0 Å². The highest BCUT2D eigenvalue weighted by Gasteiger charge is 2.43. The minimum Gasteiger partial charge on any atom is -0.488 e. The first-order chi connectivity index (χ1) is 14.1. The van der Waals surface area contributed by atoms with Gasteiger partial charge in [-0.15, -0.1) is 0 Å². The molecule has 0 bridgehead atoms. The summed E-state index contributed by atoms with van der Waals surface area (Å²) in [5.41, 5.74) is 0.477. The Morgan fingerprint density at radius 2 is 1.90 bits per heavy atom. The number of aliphatic hydroxyl groups is 1. The van der Waals surface area contributed by atoms with E-state index in [2.05, 4.69) is 14.9 Å². The summed E-state index contributed by atoms with van der Waals surface area (Å²) < 4.78 is 10.8. The monoisotopic (exact) mass is 415 g/mol. The third-order valence-electron chi connectivity index (χ3n) is 5.77. The van der Waals surface area contributed by atoms with E-state index in [-0.39, 0.29) is 12.1 Å². The lowest BCUT2D eigenvalue weighted by molar-refractivity contribution is -0.0231. The molecule has 1 saturated heterocycles. The van der Waals surface area contributed by atoms with Gasteiger partial charge in [-0.2, -0.15) is 0 Å². The Kier molecular flexibility index (Phi) is 5.91. The molecule has 1 aliphatic heterocycles. The molecule has 1 aromatic carbocycles. The zero-order valence-electron chi connectivity index (χ0n) is 16.5. The van der Waals surface area contributed by atoms with Crippen LogP contribution in [0, 0.1) is 11.8 Å². The van der Waals surface area contributed by atoms with E-state index in [9.17, 15) is 9.90 Å². The molecule has 0 spiro atoms. The quantitative estimate of drug-likeness (QED) is 0.453. The lowest BCUT2D eigenvalue weighted by Gasteiger charge is -2.35. The number of ether oxygens (including phenoxy) is 2. The zero-order chi connectivity index (χ0) is 20.4. The van der Waals surface area contributed by atoms with Gasteiger partial charge >= 0.3 is 5.97 Å².